The second kappa shape index (κ2) is 4.73. The van der Waals surface area contributed by atoms with Gasteiger partial charge in [-0.15, -0.1) is 0 Å². The Balaban J connectivity index is 3.18. The molecule has 0 spiro atoms. The maximum Gasteiger partial charge on any atom is 0.239 e. The van der Waals surface area contributed by atoms with Gasteiger partial charge in [-0.05, 0) is 72.1 Å². The molecule has 0 bridgehead atoms. The number of nitrogens with one attached hydrogen (secondary N) is 1. The third-order valence-electron chi connectivity index (χ3n) is 1.76. The molecule has 0 radical (unpaired) electrons. The zero-order valence-electron chi connectivity index (χ0n) is 7.67. The molecule has 0 aromatic heterocycles. The minimum atomic E-state index is -3.48. The number of anilines is 1. The van der Waals surface area contributed by atoms with Crippen molar-refractivity contribution in [3.05, 3.63) is 24.3 Å². The molecule has 0 aliphatic carbocycles. The molecule has 0 amide bonds. The first-order valence-corrected chi connectivity index (χ1v) is 7.74. The molecule has 0 saturated carbocycles. The van der Waals surface area contributed by atoms with Gasteiger partial charge in [-0.1, -0.05) is 0 Å². The number of rotatable bonds is 2. The monoisotopic (exact) mass is 419 g/mol. The largest absolute Gasteiger partial charge is 0.388 e. The van der Waals surface area contributed by atoms with E-state index in [1.54, 1.807) is 31.3 Å². The number of benzene rings is 1. The number of hydrogen-bond donors (Lipinski definition) is 1. The zero-order chi connectivity index (χ0) is 11.7. The summed E-state index contributed by atoms with van der Waals surface area (Å²) in [5.74, 6) is 0. The van der Waals surface area contributed by atoms with Gasteiger partial charge < -0.3 is 5.32 Å². The van der Waals surface area contributed by atoms with Crippen molar-refractivity contribution in [2.75, 3.05) is 12.4 Å². The molecular formula is C8H8Br3NO2S. The average molecular weight is 422 g/mol. The Morgan fingerprint density at radius 1 is 1.13 bits per heavy atom. The maximum atomic E-state index is 11.9. The van der Waals surface area contributed by atoms with Gasteiger partial charge in [0.15, 0.2) is 0 Å². The molecule has 1 aromatic rings. The molecule has 7 heteroatoms. The van der Waals surface area contributed by atoms with Gasteiger partial charge in [-0.25, -0.2) is 8.42 Å². The van der Waals surface area contributed by atoms with Crippen molar-refractivity contribution in [1.29, 1.82) is 0 Å². The molecule has 84 valence electrons. The molecule has 15 heavy (non-hydrogen) atoms. The van der Waals surface area contributed by atoms with E-state index in [-0.39, 0.29) is 4.90 Å². The summed E-state index contributed by atoms with van der Waals surface area (Å²) in [5.41, 5.74) is 0.860. The fraction of sp³-hybridized carbons (Fsp3) is 0.250. The molecule has 0 heterocycles. The van der Waals surface area contributed by atoms with E-state index in [1.165, 1.54) is 0 Å². The predicted molar refractivity (Wildman–Crippen MR) is 72.7 cm³/mol. The summed E-state index contributed by atoms with van der Waals surface area (Å²) >= 11 is 9.01. The number of sulfone groups is 1. The lowest BCUT2D eigenvalue weighted by Crippen LogP contribution is -2.17. The van der Waals surface area contributed by atoms with Gasteiger partial charge in [0.1, 0.15) is 0 Å². The summed E-state index contributed by atoms with van der Waals surface area (Å²) in [6, 6.07) is 6.48. The van der Waals surface area contributed by atoms with Crippen molar-refractivity contribution in [3.8, 4) is 0 Å². The summed E-state index contributed by atoms with van der Waals surface area (Å²) in [5, 5.41) is 2.91. The molecule has 1 rings (SSSR count). The molecular weight excluding hydrogens is 414 g/mol. The second-order valence-corrected chi connectivity index (χ2v) is 13.1. The Hall–Kier alpha value is 0.410. The van der Waals surface area contributed by atoms with Crippen LogP contribution in [-0.2, 0) is 9.84 Å². The lowest BCUT2D eigenvalue weighted by molar-refractivity contribution is 0.599. The van der Waals surface area contributed by atoms with Crippen LogP contribution in [0.25, 0.3) is 0 Å². The van der Waals surface area contributed by atoms with Gasteiger partial charge in [-0.3, -0.25) is 0 Å². The molecule has 3 nitrogen and oxygen atoms in total. The van der Waals surface area contributed by atoms with E-state index in [0.29, 0.717) is 0 Å². The molecule has 0 aliphatic rings. The predicted octanol–water partition coefficient (Wildman–Crippen LogP) is 3.30. The van der Waals surface area contributed by atoms with Crippen LogP contribution in [0.3, 0.4) is 0 Å². The maximum absolute atomic E-state index is 11.9. The number of alkyl halides is 3. The normalized spacial score (nSPS) is 12.5. The summed E-state index contributed by atoms with van der Waals surface area (Å²) in [4.78, 5) is 0.229. The Bertz CT molecular complexity index is 436. The lowest BCUT2D eigenvalue weighted by Gasteiger charge is -2.13. The minimum Gasteiger partial charge on any atom is -0.388 e. The first kappa shape index (κ1) is 13.5. The standard InChI is InChI=1S/C8H8Br3NO2S/c1-12-6-2-4-7(5-3-6)15(13,14)8(9,10)11/h2-5,12H,1H3. The van der Waals surface area contributed by atoms with Crippen molar-refractivity contribution in [2.24, 2.45) is 0 Å². The number of halogens is 3. The molecule has 0 unspecified atom stereocenters. The van der Waals surface area contributed by atoms with Crippen LogP contribution < -0.4 is 5.32 Å². The van der Waals surface area contributed by atoms with Crippen LogP contribution in [0.5, 0.6) is 0 Å². The fourth-order valence-electron chi connectivity index (χ4n) is 0.934. The zero-order valence-corrected chi connectivity index (χ0v) is 13.2. The van der Waals surface area contributed by atoms with Gasteiger partial charge >= 0.3 is 0 Å². The highest BCUT2D eigenvalue weighted by Gasteiger charge is 2.37. The molecule has 1 N–H and O–H groups in total. The van der Waals surface area contributed by atoms with E-state index in [1.807, 2.05) is 0 Å². The van der Waals surface area contributed by atoms with E-state index in [4.69, 9.17) is 0 Å². The molecule has 1 aromatic carbocycles. The smallest absolute Gasteiger partial charge is 0.239 e. The lowest BCUT2D eigenvalue weighted by atomic mass is 10.3. The van der Waals surface area contributed by atoms with Gasteiger partial charge in [0.25, 0.3) is 0 Å². The van der Waals surface area contributed by atoms with Crippen LogP contribution in [0.2, 0.25) is 0 Å². The molecule has 0 saturated heterocycles. The van der Waals surface area contributed by atoms with Crippen molar-refractivity contribution in [3.63, 3.8) is 0 Å². The summed E-state index contributed by atoms with van der Waals surface area (Å²) in [7, 11) is -1.71. The molecule has 0 fully saturated rings. The van der Waals surface area contributed by atoms with Crippen molar-refractivity contribution >= 4 is 63.3 Å². The summed E-state index contributed by atoms with van der Waals surface area (Å²) in [6.45, 7) is 0. The second-order valence-electron chi connectivity index (χ2n) is 2.72. The van der Waals surface area contributed by atoms with Crippen LogP contribution in [0.15, 0.2) is 29.2 Å². The first-order valence-electron chi connectivity index (χ1n) is 3.88. The van der Waals surface area contributed by atoms with Gasteiger partial charge in [-0.2, -0.15) is 0 Å². The van der Waals surface area contributed by atoms with Crippen LogP contribution in [-0.4, -0.2) is 16.9 Å². The average Bonchev–Trinajstić information content (AvgIpc) is 2.16. The van der Waals surface area contributed by atoms with E-state index < -0.39 is 11.3 Å². The van der Waals surface area contributed by atoms with Crippen molar-refractivity contribution in [2.45, 2.75) is 6.37 Å². The highest BCUT2D eigenvalue weighted by atomic mass is 80.0. The molecule has 0 atom stereocenters. The topological polar surface area (TPSA) is 46.2 Å². The van der Waals surface area contributed by atoms with Gasteiger partial charge in [0.2, 0.25) is 11.3 Å². The van der Waals surface area contributed by atoms with Crippen LogP contribution in [0.1, 0.15) is 0 Å². The van der Waals surface area contributed by atoms with Crippen LogP contribution >= 0.6 is 47.8 Å². The molecule has 0 aliphatic heterocycles. The highest BCUT2D eigenvalue weighted by Crippen LogP contribution is 2.43. The SMILES string of the molecule is CNc1ccc(S(=O)(=O)C(Br)(Br)Br)cc1. The van der Waals surface area contributed by atoms with Gasteiger partial charge in [0.05, 0.1) is 4.90 Å². The van der Waals surface area contributed by atoms with Crippen LogP contribution in [0.4, 0.5) is 5.69 Å². The summed E-state index contributed by atoms with van der Waals surface area (Å²) in [6.07, 6.45) is 0. The quantitative estimate of drug-likeness (QED) is 0.745. The van der Waals surface area contributed by atoms with Gasteiger partial charge in [0, 0.05) is 12.7 Å². The van der Waals surface area contributed by atoms with E-state index in [0.717, 1.165) is 5.69 Å². The number of hydrogen-bond acceptors (Lipinski definition) is 3. The van der Waals surface area contributed by atoms with E-state index in [9.17, 15) is 8.42 Å². The fourth-order valence-corrected chi connectivity index (χ4v) is 3.38. The Morgan fingerprint density at radius 2 is 1.60 bits per heavy atom. The van der Waals surface area contributed by atoms with Crippen molar-refractivity contribution in [1.82, 2.24) is 0 Å². The Morgan fingerprint density at radius 3 is 1.93 bits per heavy atom. The summed E-state index contributed by atoms with van der Waals surface area (Å²) < 4.78 is 22.5. The highest BCUT2D eigenvalue weighted by molar-refractivity contribution is 9.42. The van der Waals surface area contributed by atoms with E-state index in [2.05, 4.69) is 53.1 Å². The third-order valence-corrected chi connectivity index (χ3v) is 7.10. The Kier molecular flexibility index (Phi) is 4.25. The minimum absolute atomic E-state index is 0.229. The van der Waals surface area contributed by atoms with Crippen molar-refractivity contribution < 1.29 is 8.42 Å². The van der Waals surface area contributed by atoms with E-state index >= 15 is 0 Å². The first-order chi connectivity index (χ1) is 6.79. The van der Waals surface area contributed by atoms with Crippen LogP contribution in [0, 0.1) is 0 Å². The Labute approximate surface area is 114 Å². The third kappa shape index (κ3) is 2.95.